The van der Waals surface area contributed by atoms with Crippen molar-refractivity contribution in [2.24, 2.45) is 0 Å². The number of para-hydroxylation sites is 1. The van der Waals surface area contributed by atoms with Crippen LogP contribution in [-0.4, -0.2) is 30.3 Å². The molecule has 0 aliphatic carbocycles. The largest absolute Gasteiger partial charge is 0.484 e. The van der Waals surface area contributed by atoms with E-state index in [0.29, 0.717) is 11.5 Å². The van der Waals surface area contributed by atoms with Crippen molar-refractivity contribution in [3.63, 3.8) is 0 Å². The molecule has 1 atom stereocenters. The summed E-state index contributed by atoms with van der Waals surface area (Å²) in [6, 6.07) is 9.75. The number of carbonyl (C=O) groups excluding carboxylic acids is 2. The Morgan fingerprint density at radius 1 is 1.28 bits per heavy atom. The lowest BCUT2D eigenvalue weighted by Gasteiger charge is -2.14. The third-order valence-corrected chi connectivity index (χ3v) is 4.17. The fraction of sp³-hybridized carbons (Fsp3) is 0.294. The van der Waals surface area contributed by atoms with Crippen LogP contribution in [0.4, 0.5) is 0 Å². The minimum atomic E-state index is -0.833. The Balaban J connectivity index is 1.94. The highest BCUT2D eigenvalue weighted by Crippen LogP contribution is 2.25. The van der Waals surface area contributed by atoms with Crippen molar-refractivity contribution in [1.29, 1.82) is 0 Å². The summed E-state index contributed by atoms with van der Waals surface area (Å²) in [4.78, 5) is 23.9. The topological polar surface area (TPSA) is 77.8 Å². The molecule has 2 rings (SSSR count). The van der Waals surface area contributed by atoms with E-state index >= 15 is 0 Å². The average Bonchev–Trinajstić information content (AvgIpc) is 3.08. The summed E-state index contributed by atoms with van der Waals surface area (Å²) in [5, 5.41) is 2.53. The van der Waals surface area contributed by atoms with E-state index < -0.39 is 17.9 Å². The van der Waals surface area contributed by atoms with Crippen molar-refractivity contribution in [3.05, 3.63) is 52.4 Å². The Kier molecular flexibility index (Phi) is 7.39. The molecule has 1 amide bonds. The van der Waals surface area contributed by atoms with Crippen LogP contribution in [0, 0.1) is 0 Å². The highest BCUT2D eigenvalue weighted by molar-refractivity contribution is 9.10. The van der Waals surface area contributed by atoms with Crippen molar-refractivity contribution in [2.75, 3.05) is 12.4 Å². The van der Waals surface area contributed by atoms with Gasteiger partial charge in [0.25, 0.3) is 5.91 Å². The summed E-state index contributed by atoms with van der Waals surface area (Å²) in [7, 11) is 0. The first-order valence-corrected chi connectivity index (χ1v) is 9.02. The number of ether oxygens (including phenoxy) is 2. The number of halogens is 1. The third-order valence-electron chi connectivity index (χ3n) is 3.15. The van der Waals surface area contributed by atoms with E-state index in [-0.39, 0.29) is 24.7 Å². The van der Waals surface area contributed by atoms with Crippen molar-refractivity contribution >= 4 is 40.4 Å². The second-order valence-corrected chi connectivity index (χ2v) is 6.17. The Morgan fingerprint density at radius 3 is 2.72 bits per heavy atom. The lowest BCUT2D eigenvalue weighted by atomic mass is 10.3. The van der Waals surface area contributed by atoms with Crippen LogP contribution in [0.3, 0.4) is 0 Å². The van der Waals surface area contributed by atoms with Gasteiger partial charge in [0.15, 0.2) is 5.76 Å². The Morgan fingerprint density at radius 2 is 2.04 bits per heavy atom. The molecule has 0 fully saturated rings. The number of esters is 1. The summed E-state index contributed by atoms with van der Waals surface area (Å²) in [5.41, 5.74) is 0. The summed E-state index contributed by atoms with van der Waals surface area (Å²) < 4.78 is 16.8. The number of benzene rings is 1. The summed E-state index contributed by atoms with van der Waals surface area (Å²) in [6.07, 6.45) is 0. The molecule has 0 saturated carbocycles. The second kappa shape index (κ2) is 9.53. The van der Waals surface area contributed by atoms with Gasteiger partial charge in [-0.15, -0.1) is 0 Å². The quantitative estimate of drug-likeness (QED) is 0.499. The molecular formula is C17H18BrNO5S. The third kappa shape index (κ3) is 5.54. The maximum absolute atomic E-state index is 12.2. The molecule has 134 valence electrons. The lowest BCUT2D eigenvalue weighted by molar-refractivity contribution is -0.144. The molecule has 2 aromatic rings. The van der Waals surface area contributed by atoms with Gasteiger partial charge in [-0.1, -0.05) is 12.1 Å². The van der Waals surface area contributed by atoms with Crippen LogP contribution in [0.1, 0.15) is 23.2 Å². The van der Waals surface area contributed by atoms with Gasteiger partial charge in [-0.2, -0.15) is 12.6 Å². The summed E-state index contributed by atoms with van der Waals surface area (Å²) >= 11 is 7.44. The van der Waals surface area contributed by atoms with Gasteiger partial charge in [0.2, 0.25) is 0 Å². The van der Waals surface area contributed by atoms with Gasteiger partial charge in [-0.05, 0) is 47.1 Å². The number of rotatable bonds is 8. The van der Waals surface area contributed by atoms with Crippen LogP contribution in [0.25, 0.3) is 0 Å². The van der Waals surface area contributed by atoms with Crippen LogP contribution in [0.2, 0.25) is 0 Å². The zero-order valence-electron chi connectivity index (χ0n) is 13.5. The highest BCUT2D eigenvalue weighted by Gasteiger charge is 2.22. The molecule has 25 heavy (non-hydrogen) atoms. The normalized spacial score (nSPS) is 11.6. The monoisotopic (exact) mass is 427 g/mol. The van der Waals surface area contributed by atoms with E-state index in [1.807, 2.05) is 24.3 Å². The van der Waals surface area contributed by atoms with Gasteiger partial charge in [-0.25, -0.2) is 4.79 Å². The first-order valence-electron chi connectivity index (χ1n) is 7.59. The van der Waals surface area contributed by atoms with Gasteiger partial charge in [0.1, 0.15) is 24.2 Å². The predicted octanol–water partition coefficient (Wildman–Crippen LogP) is 3.21. The second-order valence-electron chi connectivity index (χ2n) is 4.95. The van der Waals surface area contributed by atoms with Gasteiger partial charge >= 0.3 is 5.97 Å². The molecule has 0 saturated heterocycles. The Labute approximate surface area is 159 Å². The standard InChI is InChI=1S/C17H18BrNO5S/c1-2-22-17(21)13(10-25)19-16(20)15-8-7-11(24-15)9-23-14-6-4-3-5-12(14)18/h3-8,13,25H,2,9-10H2,1H3,(H,19,20)/t13-/m0/s1. The Bertz CT molecular complexity index is 733. The molecule has 6 nitrogen and oxygen atoms in total. The number of hydrogen-bond donors (Lipinski definition) is 2. The van der Waals surface area contributed by atoms with Crippen molar-refractivity contribution in [3.8, 4) is 5.75 Å². The van der Waals surface area contributed by atoms with Crippen LogP contribution < -0.4 is 10.1 Å². The van der Waals surface area contributed by atoms with Gasteiger partial charge < -0.3 is 19.2 Å². The van der Waals surface area contributed by atoms with E-state index in [2.05, 4.69) is 33.9 Å². The van der Waals surface area contributed by atoms with Crippen molar-refractivity contribution in [1.82, 2.24) is 5.32 Å². The van der Waals surface area contributed by atoms with E-state index in [9.17, 15) is 9.59 Å². The fourth-order valence-corrected chi connectivity index (χ4v) is 2.58. The molecule has 0 aliphatic rings. The highest BCUT2D eigenvalue weighted by atomic mass is 79.9. The lowest BCUT2D eigenvalue weighted by Crippen LogP contribution is -2.43. The predicted molar refractivity (Wildman–Crippen MR) is 98.9 cm³/mol. The number of thiol groups is 1. The zero-order valence-corrected chi connectivity index (χ0v) is 16.0. The van der Waals surface area contributed by atoms with Crippen LogP contribution in [0.15, 0.2) is 45.3 Å². The van der Waals surface area contributed by atoms with E-state index in [0.717, 1.165) is 4.47 Å². The van der Waals surface area contributed by atoms with Crippen molar-refractivity contribution < 1.29 is 23.5 Å². The van der Waals surface area contributed by atoms with Gasteiger partial charge in [0.05, 0.1) is 11.1 Å². The molecule has 0 spiro atoms. The number of hydrogen-bond acceptors (Lipinski definition) is 6. The van der Waals surface area contributed by atoms with Crippen LogP contribution in [0.5, 0.6) is 5.75 Å². The number of amides is 1. The fourth-order valence-electron chi connectivity index (χ4n) is 1.94. The molecular weight excluding hydrogens is 410 g/mol. The summed E-state index contributed by atoms with van der Waals surface area (Å²) in [6.45, 7) is 2.10. The molecule has 0 aliphatic heterocycles. The molecule has 0 radical (unpaired) electrons. The molecule has 0 bridgehead atoms. The van der Waals surface area contributed by atoms with Gasteiger partial charge in [-0.3, -0.25) is 4.79 Å². The first-order chi connectivity index (χ1) is 12.0. The maximum atomic E-state index is 12.2. The number of carbonyl (C=O) groups is 2. The summed E-state index contributed by atoms with van der Waals surface area (Å²) in [5.74, 6) is 0.321. The molecule has 1 aromatic carbocycles. The molecule has 1 heterocycles. The number of furan rings is 1. The van der Waals surface area contributed by atoms with Crippen LogP contribution in [-0.2, 0) is 16.1 Å². The SMILES string of the molecule is CCOC(=O)[C@H](CS)NC(=O)c1ccc(COc2ccccc2Br)o1. The van der Waals surface area contributed by atoms with Crippen molar-refractivity contribution in [2.45, 2.75) is 19.6 Å². The van der Waals surface area contributed by atoms with E-state index in [1.165, 1.54) is 6.07 Å². The average molecular weight is 428 g/mol. The zero-order chi connectivity index (χ0) is 18.2. The maximum Gasteiger partial charge on any atom is 0.329 e. The molecule has 0 unspecified atom stereocenters. The van der Waals surface area contributed by atoms with E-state index in [1.54, 1.807) is 13.0 Å². The first kappa shape index (κ1) is 19.4. The minimum Gasteiger partial charge on any atom is -0.484 e. The molecule has 1 N–H and O–H groups in total. The molecule has 8 heteroatoms. The van der Waals surface area contributed by atoms with Gasteiger partial charge in [0, 0.05) is 5.75 Å². The smallest absolute Gasteiger partial charge is 0.329 e. The Hall–Kier alpha value is -1.93. The molecule has 1 aromatic heterocycles. The minimum absolute atomic E-state index is 0.0850. The van der Waals surface area contributed by atoms with E-state index in [4.69, 9.17) is 13.9 Å². The van der Waals surface area contributed by atoms with Crippen LogP contribution >= 0.6 is 28.6 Å². The number of nitrogens with one attached hydrogen (secondary N) is 1.